The van der Waals surface area contributed by atoms with Crippen LogP contribution in [0.4, 0.5) is 5.69 Å². The third-order valence-corrected chi connectivity index (χ3v) is 3.61. The van der Waals surface area contributed by atoms with Crippen LogP contribution in [0.3, 0.4) is 0 Å². The SMILES string of the molecule is Cc1ccc(Cl)cc1NC(=O)COC(=O)c1ccc2ocnc2c1. The number of amides is 1. The number of rotatable bonds is 4. The average molecular weight is 345 g/mol. The van der Waals surface area contributed by atoms with Gasteiger partial charge in [-0.1, -0.05) is 17.7 Å². The molecule has 0 saturated carbocycles. The molecule has 3 aromatic rings. The van der Waals surface area contributed by atoms with E-state index < -0.39 is 18.5 Å². The zero-order chi connectivity index (χ0) is 17.1. The lowest BCUT2D eigenvalue weighted by atomic mass is 10.2. The minimum atomic E-state index is -0.613. The summed E-state index contributed by atoms with van der Waals surface area (Å²) in [5, 5.41) is 3.16. The molecule has 24 heavy (non-hydrogen) atoms. The fourth-order valence-corrected chi connectivity index (χ4v) is 2.29. The van der Waals surface area contributed by atoms with Gasteiger partial charge in [-0.25, -0.2) is 9.78 Å². The number of aromatic nitrogens is 1. The van der Waals surface area contributed by atoms with Gasteiger partial charge in [0.15, 0.2) is 18.6 Å². The number of aryl methyl sites for hydroxylation is 1. The van der Waals surface area contributed by atoms with Crippen molar-refractivity contribution in [2.24, 2.45) is 0 Å². The number of anilines is 1. The number of hydrogen-bond donors (Lipinski definition) is 1. The van der Waals surface area contributed by atoms with Crippen LogP contribution in [0.25, 0.3) is 11.1 Å². The van der Waals surface area contributed by atoms with Crippen LogP contribution in [-0.2, 0) is 9.53 Å². The van der Waals surface area contributed by atoms with Crippen molar-refractivity contribution in [3.63, 3.8) is 0 Å². The molecule has 0 radical (unpaired) electrons. The van der Waals surface area contributed by atoms with Gasteiger partial charge in [0.25, 0.3) is 5.91 Å². The highest BCUT2D eigenvalue weighted by Crippen LogP contribution is 2.20. The second-order valence-corrected chi connectivity index (χ2v) is 5.55. The summed E-state index contributed by atoms with van der Waals surface area (Å²) in [7, 11) is 0. The highest BCUT2D eigenvalue weighted by Gasteiger charge is 2.13. The molecule has 1 heterocycles. The van der Waals surface area contributed by atoms with Gasteiger partial charge < -0.3 is 14.5 Å². The Morgan fingerprint density at radius 1 is 1.25 bits per heavy atom. The first-order valence-corrected chi connectivity index (χ1v) is 7.47. The largest absolute Gasteiger partial charge is 0.452 e. The fraction of sp³-hybridized carbons (Fsp3) is 0.118. The van der Waals surface area contributed by atoms with Crippen molar-refractivity contribution in [2.75, 3.05) is 11.9 Å². The zero-order valence-electron chi connectivity index (χ0n) is 12.7. The molecule has 0 spiro atoms. The van der Waals surface area contributed by atoms with E-state index in [1.165, 1.54) is 6.39 Å². The summed E-state index contributed by atoms with van der Waals surface area (Å²) < 4.78 is 10.1. The Morgan fingerprint density at radius 2 is 2.08 bits per heavy atom. The number of hydrogen-bond acceptors (Lipinski definition) is 5. The number of halogens is 1. The Morgan fingerprint density at radius 3 is 2.92 bits per heavy atom. The number of ether oxygens (including phenoxy) is 1. The smallest absolute Gasteiger partial charge is 0.338 e. The number of carbonyl (C=O) groups excluding carboxylic acids is 2. The Bertz CT molecular complexity index is 920. The van der Waals surface area contributed by atoms with Crippen LogP contribution in [0.5, 0.6) is 0 Å². The summed E-state index contributed by atoms with van der Waals surface area (Å²) in [6.07, 6.45) is 1.29. The maximum atomic E-state index is 12.0. The van der Waals surface area contributed by atoms with Crippen molar-refractivity contribution in [1.29, 1.82) is 0 Å². The van der Waals surface area contributed by atoms with Crippen LogP contribution in [0.1, 0.15) is 15.9 Å². The molecule has 0 aliphatic carbocycles. The molecular weight excluding hydrogens is 332 g/mol. The third-order valence-electron chi connectivity index (χ3n) is 3.37. The summed E-state index contributed by atoms with van der Waals surface area (Å²) in [6.45, 7) is 1.44. The number of fused-ring (bicyclic) bond motifs is 1. The number of oxazole rings is 1. The average Bonchev–Trinajstić information content (AvgIpc) is 3.03. The number of nitrogens with one attached hydrogen (secondary N) is 1. The van der Waals surface area contributed by atoms with Crippen LogP contribution < -0.4 is 5.32 Å². The van der Waals surface area contributed by atoms with Gasteiger partial charge in [-0.15, -0.1) is 0 Å². The minimum absolute atomic E-state index is 0.295. The van der Waals surface area contributed by atoms with Crippen LogP contribution >= 0.6 is 11.6 Å². The predicted molar refractivity (Wildman–Crippen MR) is 89.1 cm³/mol. The van der Waals surface area contributed by atoms with Crippen molar-refractivity contribution >= 4 is 40.3 Å². The lowest BCUT2D eigenvalue weighted by molar-refractivity contribution is -0.119. The molecule has 0 aliphatic rings. The van der Waals surface area contributed by atoms with Crippen LogP contribution in [0.2, 0.25) is 5.02 Å². The molecule has 3 rings (SSSR count). The second-order valence-electron chi connectivity index (χ2n) is 5.12. The summed E-state index contributed by atoms with van der Waals surface area (Å²) in [4.78, 5) is 27.9. The van der Waals surface area contributed by atoms with Crippen LogP contribution in [-0.4, -0.2) is 23.5 Å². The monoisotopic (exact) mass is 344 g/mol. The van der Waals surface area contributed by atoms with Gasteiger partial charge >= 0.3 is 5.97 Å². The van der Waals surface area contributed by atoms with Gasteiger partial charge in [0.1, 0.15) is 5.52 Å². The molecule has 2 aromatic carbocycles. The standard InChI is InChI=1S/C17H13ClN2O4/c1-10-2-4-12(18)7-13(10)20-16(21)8-23-17(22)11-3-5-15-14(6-11)19-9-24-15/h2-7,9H,8H2,1H3,(H,20,21). The normalized spacial score (nSPS) is 10.6. The molecule has 0 bridgehead atoms. The molecule has 122 valence electrons. The first kappa shape index (κ1) is 16.0. The van der Waals surface area contributed by atoms with Crippen molar-refractivity contribution < 1.29 is 18.7 Å². The molecule has 0 unspecified atom stereocenters. The molecule has 0 fully saturated rings. The van der Waals surface area contributed by atoms with Crippen molar-refractivity contribution in [2.45, 2.75) is 6.92 Å². The van der Waals surface area contributed by atoms with Gasteiger partial charge in [-0.3, -0.25) is 4.79 Å². The van der Waals surface area contributed by atoms with Gasteiger partial charge in [0.05, 0.1) is 5.56 Å². The van der Waals surface area contributed by atoms with Crippen LogP contribution in [0, 0.1) is 6.92 Å². The molecule has 1 amide bonds. The van der Waals surface area contributed by atoms with Crippen molar-refractivity contribution in [1.82, 2.24) is 4.98 Å². The van der Waals surface area contributed by atoms with E-state index in [1.54, 1.807) is 36.4 Å². The fourth-order valence-electron chi connectivity index (χ4n) is 2.11. The van der Waals surface area contributed by atoms with E-state index in [1.807, 2.05) is 6.92 Å². The zero-order valence-corrected chi connectivity index (χ0v) is 13.5. The number of nitrogens with zero attached hydrogens (tertiary/aromatic N) is 1. The molecular formula is C17H13ClN2O4. The first-order valence-electron chi connectivity index (χ1n) is 7.09. The number of esters is 1. The topological polar surface area (TPSA) is 81.4 Å². The van der Waals surface area contributed by atoms with E-state index in [4.69, 9.17) is 20.8 Å². The molecule has 1 aromatic heterocycles. The molecule has 0 atom stereocenters. The Hall–Kier alpha value is -2.86. The number of benzene rings is 2. The number of carbonyl (C=O) groups is 2. The molecule has 1 N–H and O–H groups in total. The first-order chi connectivity index (χ1) is 11.5. The maximum absolute atomic E-state index is 12.0. The van der Waals surface area contributed by atoms with Gasteiger partial charge in [-0.05, 0) is 42.8 Å². The Labute approximate surface area is 142 Å². The quantitative estimate of drug-likeness (QED) is 0.731. The van der Waals surface area contributed by atoms with Gasteiger partial charge in [0, 0.05) is 10.7 Å². The van der Waals surface area contributed by atoms with Crippen molar-refractivity contribution in [3.8, 4) is 0 Å². The molecule has 0 saturated heterocycles. The van der Waals surface area contributed by atoms with E-state index in [2.05, 4.69) is 10.3 Å². The predicted octanol–water partition coefficient (Wildman–Crippen LogP) is 3.59. The Kier molecular flexibility index (Phi) is 4.48. The highest BCUT2D eigenvalue weighted by molar-refractivity contribution is 6.31. The van der Waals surface area contributed by atoms with Crippen LogP contribution in [0.15, 0.2) is 47.2 Å². The van der Waals surface area contributed by atoms with Gasteiger partial charge in [0.2, 0.25) is 0 Å². The maximum Gasteiger partial charge on any atom is 0.338 e. The summed E-state index contributed by atoms with van der Waals surface area (Å²) >= 11 is 5.90. The van der Waals surface area contributed by atoms with E-state index in [0.29, 0.717) is 27.4 Å². The van der Waals surface area contributed by atoms with E-state index >= 15 is 0 Å². The summed E-state index contributed by atoms with van der Waals surface area (Å²) in [5.74, 6) is -1.06. The van der Waals surface area contributed by atoms with Crippen molar-refractivity contribution in [3.05, 3.63) is 58.9 Å². The highest BCUT2D eigenvalue weighted by atomic mass is 35.5. The molecule has 7 heteroatoms. The third kappa shape index (κ3) is 3.55. The molecule has 6 nitrogen and oxygen atoms in total. The van der Waals surface area contributed by atoms with E-state index in [-0.39, 0.29) is 0 Å². The summed E-state index contributed by atoms with van der Waals surface area (Å²) in [6, 6.07) is 9.86. The molecule has 0 aliphatic heterocycles. The van der Waals surface area contributed by atoms with E-state index in [9.17, 15) is 9.59 Å². The summed E-state index contributed by atoms with van der Waals surface area (Å²) in [5.41, 5.74) is 2.84. The van der Waals surface area contributed by atoms with E-state index in [0.717, 1.165) is 5.56 Å². The minimum Gasteiger partial charge on any atom is -0.452 e. The van der Waals surface area contributed by atoms with Gasteiger partial charge in [-0.2, -0.15) is 0 Å². The Balaban J connectivity index is 1.61. The lowest BCUT2D eigenvalue weighted by Gasteiger charge is -2.09. The lowest BCUT2D eigenvalue weighted by Crippen LogP contribution is -2.21. The second kappa shape index (κ2) is 6.72.